The van der Waals surface area contributed by atoms with Crippen LogP contribution in [0, 0.1) is 5.41 Å². The number of ether oxygens (including phenoxy) is 1. The summed E-state index contributed by atoms with van der Waals surface area (Å²) in [5.41, 5.74) is 3.12. The van der Waals surface area contributed by atoms with E-state index in [1.165, 1.54) is 0 Å². The monoisotopic (exact) mass is 407 g/mol. The smallest absolute Gasteiger partial charge is 0.336 e. The molecule has 0 bridgehead atoms. The molecule has 0 radical (unpaired) electrons. The third-order valence-corrected chi connectivity index (χ3v) is 5.57. The molecule has 0 saturated carbocycles. The number of Topliss-reactive ketones (excluding diaryl/α,β-unsaturated/α-hetero) is 1. The lowest BCUT2D eigenvalue weighted by Crippen LogP contribution is -2.38. The normalized spacial score (nSPS) is 21.7. The van der Waals surface area contributed by atoms with Gasteiger partial charge in [0.05, 0.1) is 12.2 Å². The molecular weight excluding hydrogens is 385 g/mol. The molecule has 1 aromatic rings. The van der Waals surface area contributed by atoms with Crippen LogP contribution in [0.5, 0.6) is 0 Å². The number of carbonyl (C=O) groups is 2. The zero-order valence-electron chi connectivity index (χ0n) is 15.9. The minimum absolute atomic E-state index is 0.0269. The summed E-state index contributed by atoms with van der Waals surface area (Å²) in [6, 6.07) is 5.14. The highest BCUT2D eigenvalue weighted by Crippen LogP contribution is 2.48. The first kappa shape index (κ1) is 20.0. The molecule has 0 aromatic heterocycles. The number of esters is 1. The molecule has 0 spiro atoms. The van der Waals surface area contributed by atoms with Crippen molar-refractivity contribution in [3.8, 4) is 0 Å². The highest BCUT2D eigenvalue weighted by atomic mass is 35.5. The SMILES string of the molecule is CCOC(=O)C1=C(C)NC2=C(C(=O)CC(C)(C)C2)[C@@H]1c1ccc(Cl)cc1Cl. The van der Waals surface area contributed by atoms with Gasteiger partial charge in [0.1, 0.15) is 0 Å². The van der Waals surface area contributed by atoms with Crippen molar-refractivity contribution in [2.24, 2.45) is 5.41 Å². The maximum absolute atomic E-state index is 13.1. The molecule has 6 heteroatoms. The van der Waals surface area contributed by atoms with Gasteiger partial charge in [-0.3, -0.25) is 4.79 Å². The van der Waals surface area contributed by atoms with Gasteiger partial charge in [-0.2, -0.15) is 0 Å². The van der Waals surface area contributed by atoms with E-state index in [2.05, 4.69) is 19.2 Å². The molecule has 27 heavy (non-hydrogen) atoms. The van der Waals surface area contributed by atoms with Gasteiger partial charge in [0.25, 0.3) is 0 Å². The maximum Gasteiger partial charge on any atom is 0.336 e. The van der Waals surface area contributed by atoms with Crippen LogP contribution >= 0.6 is 23.2 Å². The van der Waals surface area contributed by atoms with E-state index in [9.17, 15) is 9.59 Å². The quantitative estimate of drug-likeness (QED) is 0.702. The van der Waals surface area contributed by atoms with E-state index >= 15 is 0 Å². The summed E-state index contributed by atoms with van der Waals surface area (Å²) in [7, 11) is 0. The second kappa shape index (κ2) is 7.33. The van der Waals surface area contributed by atoms with Crippen LogP contribution in [0.1, 0.15) is 52.0 Å². The summed E-state index contributed by atoms with van der Waals surface area (Å²) in [6.45, 7) is 7.98. The highest BCUT2D eigenvalue weighted by Gasteiger charge is 2.43. The highest BCUT2D eigenvalue weighted by molar-refractivity contribution is 6.35. The first-order valence-electron chi connectivity index (χ1n) is 9.00. The standard InChI is InChI=1S/C21H23Cl2NO3/c1-5-27-20(26)17-11(2)24-15-9-21(3,4)10-16(25)19(15)18(17)13-7-6-12(22)8-14(13)23/h6-8,18,24H,5,9-10H2,1-4H3/t18-/m1/s1. The van der Waals surface area contributed by atoms with E-state index in [4.69, 9.17) is 27.9 Å². The number of benzene rings is 1. The Balaban J connectivity index is 2.22. The molecular formula is C21H23Cl2NO3. The predicted octanol–water partition coefficient (Wildman–Crippen LogP) is 5.16. The molecule has 1 aliphatic carbocycles. The van der Waals surface area contributed by atoms with Gasteiger partial charge < -0.3 is 10.1 Å². The van der Waals surface area contributed by atoms with E-state index in [0.29, 0.717) is 38.9 Å². The molecule has 0 saturated heterocycles. The van der Waals surface area contributed by atoms with Crippen molar-refractivity contribution in [3.63, 3.8) is 0 Å². The van der Waals surface area contributed by atoms with Crippen LogP contribution in [0.25, 0.3) is 0 Å². The number of ketones is 1. The van der Waals surface area contributed by atoms with Gasteiger partial charge in [0, 0.05) is 39.4 Å². The number of hydrogen-bond donors (Lipinski definition) is 1. The van der Waals surface area contributed by atoms with Crippen molar-refractivity contribution >= 4 is 35.0 Å². The van der Waals surface area contributed by atoms with E-state index in [1.54, 1.807) is 25.1 Å². The van der Waals surface area contributed by atoms with E-state index < -0.39 is 11.9 Å². The van der Waals surface area contributed by atoms with Gasteiger partial charge in [-0.25, -0.2) is 4.79 Å². The second-order valence-electron chi connectivity index (χ2n) is 7.82. The Morgan fingerprint density at radius 3 is 2.63 bits per heavy atom. The number of carbonyl (C=O) groups excluding carboxylic acids is 2. The van der Waals surface area contributed by atoms with Crippen molar-refractivity contribution in [2.45, 2.75) is 46.5 Å². The van der Waals surface area contributed by atoms with Gasteiger partial charge in [-0.15, -0.1) is 0 Å². The molecule has 1 aromatic carbocycles. The fourth-order valence-electron chi connectivity index (χ4n) is 3.96. The number of dihydropyridines is 1. The van der Waals surface area contributed by atoms with E-state index in [1.807, 2.05) is 6.92 Å². The summed E-state index contributed by atoms with van der Waals surface area (Å²) >= 11 is 12.5. The summed E-state index contributed by atoms with van der Waals surface area (Å²) in [6.07, 6.45) is 1.15. The Bertz CT molecular complexity index is 883. The lowest BCUT2D eigenvalue weighted by Gasteiger charge is -2.39. The van der Waals surface area contributed by atoms with E-state index in [-0.39, 0.29) is 17.8 Å². The minimum atomic E-state index is -0.561. The number of nitrogens with one attached hydrogen (secondary N) is 1. The summed E-state index contributed by atoms with van der Waals surface area (Å²) < 4.78 is 5.28. The third kappa shape index (κ3) is 3.78. The fourth-order valence-corrected chi connectivity index (χ4v) is 4.48. The molecule has 1 atom stereocenters. The van der Waals surface area contributed by atoms with E-state index in [0.717, 1.165) is 12.1 Å². The largest absolute Gasteiger partial charge is 0.463 e. The van der Waals surface area contributed by atoms with Crippen LogP contribution in [-0.2, 0) is 14.3 Å². The molecule has 0 amide bonds. The first-order chi connectivity index (χ1) is 12.6. The molecule has 0 fully saturated rings. The molecule has 4 nitrogen and oxygen atoms in total. The summed E-state index contributed by atoms with van der Waals surface area (Å²) in [4.78, 5) is 25.9. The van der Waals surface area contributed by atoms with Gasteiger partial charge in [-0.1, -0.05) is 43.1 Å². The summed E-state index contributed by atoms with van der Waals surface area (Å²) in [5, 5.41) is 4.22. The number of halogens is 2. The van der Waals surface area contributed by atoms with Crippen LogP contribution < -0.4 is 5.32 Å². The van der Waals surface area contributed by atoms with Crippen LogP contribution in [0.3, 0.4) is 0 Å². The Morgan fingerprint density at radius 1 is 1.30 bits per heavy atom. The van der Waals surface area contributed by atoms with Crippen molar-refractivity contribution in [2.75, 3.05) is 6.61 Å². The fraction of sp³-hybridized carbons (Fsp3) is 0.429. The van der Waals surface area contributed by atoms with Crippen LogP contribution in [-0.4, -0.2) is 18.4 Å². The Kier molecular flexibility index (Phi) is 5.42. The molecule has 1 N–H and O–H groups in total. The zero-order valence-corrected chi connectivity index (χ0v) is 17.4. The van der Waals surface area contributed by atoms with Crippen molar-refractivity contribution in [1.82, 2.24) is 5.32 Å². The topological polar surface area (TPSA) is 55.4 Å². The Labute approximate surface area is 169 Å². The van der Waals surface area contributed by atoms with Crippen LogP contribution in [0.2, 0.25) is 10.0 Å². The zero-order chi connectivity index (χ0) is 19.9. The van der Waals surface area contributed by atoms with Gasteiger partial charge >= 0.3 is 5.97 Å². The van der Waals surface area contributed by atoms with Crippen LogP contribution in [0.4, 0.5) is 0 Å². The molecule has 1 aliphatic heterocycles. The number of rotatable bonds is 3. The van der Waals surface area contributed by atoms with Gasteiger partial charge in [-0.05, 0) is 43.4 Å². The van der Waals surface area contributed by atoms with Crippen molar-refractivity contribution in [3.05, 3.63) is 56.3 Å². The lowest BCUT2D eigenvalue weighted by molar-refractivity contribution is -0.138. The average molecular weight is 408 g/mol. The predicted molar refractivity (Wildman–Crippen MR) is 107 cm³/mol. The molecule has 144 valence electrons. The number of hydrogen-bond acceptors (Lipinski definition) is 4. The molecule has 0 unspecified atom stereocenters. The molecule has 1 heterocycles. The molecule has 3 rings (SSSR count). The average Bonchev–Trinajstić information content (AvgIpc) is 2.52. The summed E-state index contributed by atoms with van der Waals surface area (Å²) in [5.74, 6) is -0.976. The van der Waals surface area contributed by atoms with Gasteiger partial charge in [0.15, 0.2) is 5.78 Å². The third-order valence-electron chi connectivity index (χ3n) is 5.01. The molecule has 2 aliphatic rings. The maximum atomic E-state index is 13.1. The minimum Gasteiger partial charge on any atom is -0.463 e. The van der Waals surface area contributed by atoms with Crippen molar-refractivity contribution < 1.29 is 14.3 Å². The Morgan fingerprint density at radius 2 is 2.00 bits per heavy atom. The van der Waals surface area contributed by atoms with Gasteiger partial charge in [0.2, 0.25) is 0 Å². The first-order valence-corrected chi connectivity index (χ1v) is 9.76. The number of allylic oxidation sites excluding steroid dienone is 3. The van der Waals surface area contributed by atoms with Crippen molar-refractivity contribution in [1.29, 1.82) is 0 Å². The Hall–Kier alpha value is -1.78. The lowest BCUT2D eigenvalue weighted by atomic mass is 9.68. The van der Waals surface area contributed by atoms with Crippen LogP contribution in [0.15, 0.2) is 40.7 Å². The second-order valence-corrected chi connectivity index (χ2v) is 8.66.